The maximum atomic E-state index is 13.0. The molecule has 1 unspecified atom stereocenters. The molecule has 1 aliphatic rings. The summed E-state index contributed by atoms with van der Waals surface area (Å²) in [5.74, 6) is -0.109. The van der Waals surface area contributed by atoms with Crippen LogP contribution >= 0.6 is 23.1 Å². The van der Waals surface area contributed by atoms with Crippen LogP contribution in [0.15, 0.2) is 51.0 Å². The number of aliphatic hydroxyl groups is 1. The summed E-state index contributed by atoms with van der Waals surface area (Å²) in [6.07, 6.45) is 0.324. The van der Waals surface area contributed by atoms with Crippen molar-refractivity contribution in [2.45, 2.75) is 15.9 Å². The number of carbonyl (C=O) groups is 1. The number of sulfonamides is 1. The molecule has 4 rings (SSSR count). The number of aromatic nitrogens is 1. The van der Waals surface area contributed by atoms with Gasteiger partial charge in [-0.05, 0) is 23.6 Å². The van der Waals surface area contributed by atoms with Gasteiger partial charge in [-0.1, -0.05) is 30.0 Å². The van der Waals surface area contributed by atoms with Gasteiger partial charge in [-0.15, -0.1) is 11.3 Å². The van der Waals surface area contributed by atoms with Crippen LogP contribution < -0.4 is 9.62 Å². The fourth-order valence-electron chi connectivity index (χ4n) is 3.34. The molecule has 0 fully saturated rings. The van der Waals surface area contributed by atoms with E-state index in [9.17, 15) is 13.2 Å². The summed E-state index contributed by atoms with van der Waals surface area (Å²) in [4.78, 5) is 19.8. The highest BCUT2D eigenvalue weighted by atomic mass is 32.2. The second kappa shape index (κ2) is 9.03. The number of hydrogen-bond donors (Lipinski definition) is 3. The van der Waals surface area contributed by atoms with Crippen LogP contribution in [0.3, 0.4) is 0 Å². The quantitative estimate of drug-likeness (QED) is 0.460. The number of rotatable bonds is 8. The van der Waals surface area contributed by atoms with Crippen molar-refractivity contribution >= 4 is 60.7 Å². The van der Waals surface area contributed by atoms with Crippen LogP contribution in [-0.2, 0) is 14.8 Å². The van der Waals surface area contributed by atoms with Gasteiger partial charge in [0.25, 0.3) is 10.0 Å². The van der Waals surface area contributed by atoms with Crippen molar-refractivity contribution in [1.29, 1.82) is 0 Å². The lowest BCUT2D eigenvalue weighted by atomic mass is 10.2. The zero-order valence-corrected chi connectivity index (χ0v) is 19.2. The highest BCUT2D eigenvalue weighted by molar-refractivity contribution is 8.15. The Morgan fingerprint density at radius 3 is 2.94 bits per heavy atom. The first-order chi connectivity index (χ1) is 14.9. The Morgan fingerprint density at radius 1 is 1.35 bits per heavy atom. The van der Waals surface area contributed by atoms with Crippen LogP contribution in [0, 0.1) is 0 Å². The Labute approximate surface area is 188 Å². The summed E-state index contributed by atoms with van der Waals surface area (Å²) in [6, 6.07) is 10.8. The van der Waals surface area contributed by atoms with Crippen molar-refractivity contribution in [3.05, 3.63) is 47.5 Å². The van der Waals surface area contributed by atoms with E-state index in [0.29, 0.717) is 24.2 Å². The lowest BCUT2D eigenvalue weighted by Gasteiger charge is -2.19. The van der Waals surface area contributed by atoms with E-state index in [1.54, 1.807) is 30.6 Å². The van der Waals surface area contributed by atoms with Gasteiger partial charge in [0.15, 0.2) is 0 Å². The summed E-state index contributed by atoms with van der Waals surface area (Å²) in [6.45, 7) is 0.692. The third-order valence-corrected chi connectivity index (χ3v) is 9.24. The van der Waals surface area contributed by atoms with Crippen molar-refractivity contribution in [3.63, 3.8) is 0 Å². The molecule has 1 amide bonds. The van der Waals surface area contributed by atoms with E-state index in [-0.39, 0.29) is 28.5 Å². The zero-order chi connectivity index (χ0) is 22.0. The number of carbonyl (C=O) groups excluding carboxylic acids is 1. The number of thiophene rings is 1. The van der Waals surface area contributed by atoms with Gasteiger partial charge >= 0.3 is 0 Å². The topological polar surface area (TPSA) is 115 Å². The van der Waals surface area contributed by atoms with Crippen LogP contribution in [0.4, 0.5) is 5.69 Å². The predicted molar refractivity (Wildman–Crippen MR) is 126 cm³/mol. The molecule has 31 heavy (non-hydrogen) atoms. The fourth-order valence-corrected chi connectivity index (χ4v) is 6.79. The van der Waals surface area contributed by atoms with Crippen molar-refractivity contribution in [1.82, 2.24) is 10.3 Å². The molecule has 0 saturated carbocycles. The van der Waals surface area contributed by atoms with Crippen LogP contribution in [0.25, 0.3) is 10.9 Å². The molecule has 11 heteroatoms. The van der Waals surface area contributed by atoms with Gasteiger partial charge in [0, 0.05) is 30.6 Å². The van der Waals surface area contributed by atoms with E-state index in [2.05, 4.69) is 15.3 Å². The second-order valence-electron chi connectivity index (χ2n) is 6.99. The monoisotopic (exact) mass is 478 g/mol. The average molecular weight is 479 g/mol. The highest BCUT2D eigenvalue weighted by Crippen LogP contribution is 2.34. The molecule has 3 N–H and O–H groups in total. The summed E-state index contributed by atoms with van der Waals surface area (Å²) in [5, 5.41) is 14.9. The zero-order valence-electron chi connectivity index (χ0n) is 16.7. The van der Waals surface area contributed by atoms with Crippen LogP contribution in [0.1, 0.15) is 12.1 Å². The van der Waals surface area contributed by atoms with E-state index >= 15 is 0 Å². The standard InChI is InChI=1S/C20H22N4O4S3/c1-24(31(27,28)18-6-3-9-29-18)16-5-2-4-13-10-15(23-19(13)16)20-22-12-14(30-20)11-17(26)21-7-8-25/h2-6,9-10,14,23,25H,7-8,11-12H2,1H3,(H,21,26). The number of hydrogen-bond acceptors (Lipinski definition) is 7. The van der Waals surface area contributed by atoms with Crippen molar-refractivity contribution < 1.29 is 18.3 Å². The number of nitrogens with one attached hydrogen (secondary N) is 2. The van der Waals surface area contributed by atoms with Gasteiger partial charge in [-0.25, -0.2) is 8.42 Å². The molecule has 1 aliphatic heterocycles. The van der Waals surface area contributed by atoms with Crippen molar-refractivity contribution in [3.8, 4) is 0 Å². The molecule has 0 aliphatic carbocycles. The van der Waals surface area contributed by atoms with Crippen LogP contribution in [0.2, 0.25) is 0 Å². The molecule has 0 saturated heterocycles. The van der Waals surface area contributed by atoms with E-state index < -0.39 is 10.0 Å². The smallest absolute Gasteiger partial charge is 0.273 e. The summed E-state index contributed by atoms with van der Waals surface area (Å²) < 4.78 is 27.5. The van der Waals surface area contributed by atoms with Crippen molar-refractivity contribution in [2.75, 3.05) is 31.0 Å². The molecule has 2 aromatic heterocycles. The highest BCUT2D eigenvalue weighted by Gasteiger charge is 2.27. The molecule has 3 aromatic rings. The Morgan fingerprint density at radius 2 is 2.19 bits per heavy atom. The number of thioether (sulfide) groups is 1. The lowest BCUT2D eigenvalue weighted by molar-refractivity contribution is -0.121. The summed E-state index contributed by atoms with van der Waals surface area (Å²) >= 11 is 2.71. The number of amides is 1. The van der Waals surface area contributed by atoms with Gasteiger partial charge in [0.2, 0.25) is 5.91 Å². The number of fused-ring (bicyclic) bond motifs is 1. The minimum absolute atomic E-state index is 0.0291. The number of aliphatic hydroxyl groups excluding tert-OH is 1. The maximum Gasteiger partial charge on any atom is 0.273 e. The van der Waals surface area contributed by atoms with Crippen LogP contribution in [-0.4, -0.2) is 61.5 Å². The van der Waals surface area contributed by atoms with E-state index in [0.717, 1.165) is 16.1 Å². The third kappa shape index (κ3) is 4.49. The Bertz CT molecular complexity index is 1220. The number of benzene rings is 1. The largest absolute Gasteiger partial charge is 0.395 e. The Balaban J connectivity index is 1.56. The SMILES string of the molecule is CN(c1cccc2cc(C3=NCC(CC(=O)NCCO)S3)[nH]c12)S(=O)(=O)c1cccs1. The number of nitrogens with zero attached hydrogens (tertiary/aromatic N) is 2. The van der Waals surface area contributed by atoms with Crippen molar-refractivity contribution in [2.24, 2.45) is 4.99 Å². The average Bonchev–Trinajstić information content (AvgIpc) is 3.51. The molecule has 3 heterocycles. The first kappa shape index (κ1) is 21.9. The van der Waals surface area contributed by atoms with Gasteiger partial charge in [0.1, 0.15) is 9.25 Å². The second-order valence-corrected chi connectivity index (χ2v) is 11.4. The molecule has 0 radical (unpaired) electrons. The molecule has 1 aromatic carbocycles. The maximum absolute atomic E-state index is 13.0. The third-order valence-electron chi connectivity index (χ3n) is 4.88. The van der Waals surface area contributed by atoms with E-state index in [1.807, 2.05) is 18.2 Å². The fraction of sp³-hybridized carbons (Fsp3) is 0.300. The molecule has 0 spiro atoms. The molecule has 8 nitrogen and oxygen atoms in total. The molecule has 1 atom stereocenters. The predicted octanol–water partition coefficient (Wildman–Crippen LogP) is 2.42. The number of H-pyrrole nitrogens is 1. The molecular formula is C20H22N4O4S3. The van der Waals surface area contributed by atoms with E-state index in [1.165, 1.54) is 27.4 Å². The van der Waals surface area contributed by atoms with Gasteiger partial charge < -0.3 is 15.4 Å². The number of anilines is 1. The first-order valence-electron chi connectivity index (χ1n) is 9.63. The minimum atomic E-state index is -3.65. The first-order valence-corrected chi connectivity index (χ1v) is 12.8. The van der Waals surface area contributed by atoms with E-state index in [4.69, 9.17) is 5.11 Å². The van der Waals surface area contributed by atoms with Crippen LogP contribution in [0.5, 0.6) is 0 Å². The molecule has 0 bridgehead atoms. The molecule has 164 valence electrons. The van der Waals surface area contributed by atoms with Gasteiger partial charge in [0.05, 0.1) is 30.0 Å². The summed E-state index contributed by atoms with van der Waals surface area (Å²) in [7, 11) is -2.10. The number of aliphatic imine (C=N–C) groups is 1. The number of para-hydroxylation sites is 1. The van der Waals surface area contributed by atoms with Gasteiger partial charge in [-0.3, -0.25) is 14.1 Å². The minimum Gasteiger partial charge on any atom is -0.395 e. The Hall–Kier alpha value is -2.34. The Kier molecular flexibility index (Phi) is 6.37. The van der Waals surface area contributed by atoms with Gasteiger partial charge in [-0.2, -0.15) is 0 Å². The lowest BCUT2D eigenvalue weighted by Crippen LogP contribution is -2.29. The number of aromatic amines is 1. The molecular weight excluding hydrogens is 456 g/mol. The summed E-state index contributed by atoms with van der Waals surface area (Å²) in [5.41, 5.74) is 2.07. The normalized spacial score (nSPS) is 16.5.